The van der Waals surface area contributed by atoms with Crippen molar-refractivity contribution in [1.29, 1.82) is 0 Å². The molecule has 2 rings (SSSR count). The number of nitrogens with zero attached hydrogens (tertiary/aromatic N) is 2. The van der Waals surface area contributed by atoms with E-state index in [4.69, 9.17) is 15.6 Å². The summed E-state index contributed by atoms with van der Waals surface area (Å²) in [7, 11) is 0. The van der Waals surface area contributed by atoms with Crippen LogP contribution in [0, 0.1) is 0 Å². The summed E-state index contributed by atoms with van der Waals surface area (Å²) in [5.74, 6) is -3.28. The van der Waals surface area contributed by atoms with Crippen LogP contribution in [0.15, 0.2) is 17.1 Å². The molecule has 2 unspecified atom stereocenters. The van der Waals surface area contributed by atoms with Gasteiger partial charge in [0.15, 0.2) is 0 Å². The van der Waals surface area contributed by atoms with E-state index in [1.54, 1.807) is 0 Å². The molecule has 8 heteroatoms. The molecule has 1 aromatic heterocycles. The Kier molecular flexibility index (Phi) is 4.96. The minimum Gasteiger partial charge on any atom is -0.394 e. The molecular weight excluding hydrogens is 260 g/mol. The SMILES string of the molecule is CC.Nc1ccn(C2OC(CO)CC2(F)F)c(=O)n1. The molecule has 0 saturated carbocycles. The van der Waals surface area contributed by atoms with Gasteiger partial charge in [-0.25, -0.2) is 13.6 Å². The normalized spacial score (nSPS) is 24.7. The standard InChI is InChI=1S/C9H11F2N3O3.C2H6/c10-9(11)3-5(4-15)17-7(9)14-2-1-6(12)13-8(14)16;1-2/h1-2,5,7,15H,3-4H2,(H2,12,13,16);1-2H3. The van der Waals surface area contributed by atoms with E-state index in [9.17, 15) is 13.6 Å². The molecule has 0 spiro atoms. The average Bonchev–Trinajstić information content (AvgIpc) is 2.67. The molecule has 2 atom stereocenters. The number of nitrogen functional groups attached to an aromatic ring is 1. The van der Waals surface area contributed by atoms with Gasteiger partial charge in [0.2, 0.25) is 6.23 Å². The fourth-order valence-electron chi connectivity index (χ4n) is 1.72. The first-order chi connectivity index (χ1) is 8.94. The molecule has 0 bridgehead atoms. The number of hydrogen-bond donors (Lipinski definition) is 2. The molecule has 0 radical (unpaired) electrons. The van der Waals surface area contributed by atoms with E-state index in [2.05, 4.69) is 4.98 Å². The van der Waals surface area contributed by atoms with Crippen LogP contribution in [0.25, 0.3) is 0 Å². The van der Waals surface area contributed by atoms with Gasteiger partial charge in [0.1, 0.15) is 5.82 Å². The monoisotopic (exact) mass is 277 g/mol. The highest BCUT2D eigenvalue weighted by atomic mass is 19.3. The smallest absolute Gasteiger partial charge is 0.351 e. The quantitative estimate of drug-likeness (QED) is 0.833. The molecular formula is C11H17F2N3O3. The summed E-state index contributed by atoms with van der Waals surface area (Å²) < 4.78 is 32.7. The van der Waals surface area contributed by atoms with Crippen LogP contribution in [0.1, 0.15) is 26.5 Å². The molecule has 3 N–H and O–H groups in total. The second kappa shape index (κ2) is 6.07. The third kappa shape index (κ3) is 3.27. The van der Waals surface area contributed by atoms with E-state index in [-0.39, 0.29) is 5.82 Å². The lowest BCUT2D eigenvalue weighted by Gasteiger charge is -2.19. The van der Waals surface area contributed by atoms with Crippen LogP contribution in [0.2, 0.25) is 0 Å². The minimum absolute atomic E-state index is 0.0497. The Morgan fingerprint density at radius 2 is 2.26 bits per heavy atom. The zero-order chi connectivity index (χ0) is 14.6. The fraction of sp³-hybridized carbons (Fsp3) is 0.636. The second-order valence-electron chi connectivity index (χ2n) is 3.80. The van der Waals surface area contributed by atoms with Gasteiger partial charge in [-0.1, -0.05) is 13.8 Å². The minimum atomic E-state index is -3.23. The van der Waals surface area contributed by atoms with Gasteiger partial charge in [-0.3, -0.25) is 4.57 Å². The predicted octanol–water partition coefficient (Wildman–Crippen LogP) is 0.767. The maximum Gasteiger partial charge on any atom is 0.351 e. The Morgan fingerprint density at radius 3 is 2.74 bits per heavy atom. The maximum absolute atomic E-state index is 13.6. The summed E-state index contributed by atoms with van der Waals surface area (Å²) in [6.45, 7) is 3.48. The molecule has 1 aliphatic heterocycles. The van der Waals surface area contributed by atoms with Gasteiger partial charge in [-0.2, -0.15) is 4.98 Å². The van der Waals surface area contributed by atoms with Crippen molar-refractivity contribution in [2.45, 2.75) is 38.5 Å². The summed E-state index contributed by atoms with van der Waals surface area (Å²) in [5, 5.41) is 8.80. The number of aliphatic hydroxyl groups is 1. The van der Waals surface area contributed by atoms with Crippen molar-refractivity contribution in [1.82, 2.24) is 9.55 Å². The Morgan fingerprint density at radius 1 is 1.63 bits per heavy atom. The van der Waals surface area contributed by atoms with Crippen LogP contribution in [0.5, 0.6) is 0 Å². The van der Waals surface area contributed by atoms with Crippen LogP contribution in [-0.4, -0.2) is 33.3 Å². The van der Waals surface area contributed by atoms with Gasteiger partial charge in [-0.15, -0.1) is 0 Å². The van der Waals surface area contributed by atoms with Crippen LogP contribution >= 0.6 is 0 Å². The first kappa shape index (κ1) is 15.5. The molecule has 1 aromatic rings. The van der Waals surface area contributed by atoms with E-state index < -0.39 is 37.0 Å². The molecule has 0 aliphatic carbocycles. The van der Waals surface area contributed by atoms with Gasteiger partial charge in [-0.05, 0) is 6.07 Å². The van der Waals surface area contributed by atoms with E-state index in [1.165, 1.54) is 6.07 Å². The Bertz CT molecular complexity index is 478. The van der Waals surface area contributed by atoms with Crippen LogP contribution in [0.4, 0.5) is 14.6 Å². The molecule has 1 aliphatic rings. The van der Waals surface area contributed by atoms with E-state index in [1.807, 2.05) is 13.8 Å². The van der Waals surface area contributed by atoms with E-state index in [0.29, 0.717) is 4.57 Å². The van der Waals surface area contributed by atoms with Crippen molar-refractivity contribution < 1.29 is 18.6 Å². The Labute approximate surface area is 108 Å². The first-order valence-corrected chi connectivity index (χ1v) is 5.93. The lowest BCUT2D eigenvalue weighted by molar-refractivity contribution is -0.120. The second-order valence-corrected chi connectivity index (χ2v) is 3.80. The van der Waals surface area contributed by atoms with Gasteiger partial charge in [0.05, 0.1) is 12.7 Å². The predicted molar refractivity (Wildman–Crippen MR) is 64.8 cm³/mol. The van der Waals surface area contributed by atoms with Gasteiger partial charge < -0.3 is 15.6 Å². The number of nitrogens with two attached hydrogens (primary N) is 1. The summed E-state index contributed by atoms with van der Waals surface area (Å²) in [4.78, 5) is 14.7. The van der Waals surface area contributed by atoms with Crippen molar-refractivity contribution in [3.05, 3.63) is 22.7 Å². The third-order valence-electron chi connectivity index (χ3n) is 2.49. The molecule has 0 amide bonds. The van der Waals surface area contributed by atoms with Crippen LogP contribution in [-0.2, 0) is 4.74 Å². The van der Waals surface area contributed by atoms with Gasteiger partial charge in [0, 0.05) is 12.6 Å². The molecule has 19 heavy (non-hydrogen) atoms. The van der Waals surface area contributed by atoms with Crippen molar-refractivity contribution in [3.63, 3.8) is 0 Å². The number of aromatic nitrogens is 2. The summed E-state index contributed by atoms with van der Waals surface area (Å²) >= 11 is 0. The number of aliphatic hydroxyl groups excluding tert-OH is 1. The summed E-state index contributed by atoms with van der Waals surface area (Å²) in [5.41, 5.74) is 4.35. The highest BCUT2D eigenvalue weighted by Gasteiger charge is 2.51. The number of hydrogen-bond acceptors (Lipinski definition) is 5. The summed E-state index contributed by atoms with van der Waals surface area (Å²) in [6, 6.07) is 1.23. The number of alkyl halides is 2. The highest BCUT2D eigenvalue weighted by molar-refractivity contribution is 5.23. The number of halogens is 2. The van der Waals surface area contributed by atoms with Crippen molar-refractivity contribution >= 4 is 5.82 Å². The molecule has 1 fully saturated rings. The molecule has 6 nitrogen and oxygen atoms in total. The Hall–Kier alpha value is -1.54. The van der Waals surface area contributed by atoms with Crippen molar-refractivity contribution in [2.24, 2.45) is 0 Å². The van der Waals surface area contributed by atoms with Crippen LogP contribution < -0.4 is 11.4 Å². The van der Waals surface area contributed by atoms with Gasteiger partial charge >= 0.3 is 5.69 Å². The topological polar surface area (TPSA) is 90.4 Å². The maximum atomic E-state index is 13.6. The fourth-order valence-corrected chi connectivity index (χ4v) is 1.72. The summed E-state index contributed by atoms with van der Waals surface area (Å²) in [6.07, 6.45) is -2.27. The Balaban J connectivity index is 0.000000861. The number of anilines is 1. The highest BCUT2D eigenvalue weighted by Crippen LogP contribution is 2.41. The molecule has 1 saturated heterocycles. The molecule has 0 aromatic carbocycles. The number of rotatable bonds is 2. The van der Waals surface area contributed by atoms with E-state index >= 15 is 0 Å². The lowest BCUT2D eigenvalue weighted by Crippen LogP contribution is -2.35. The van der Waals surface area contributed by atoms with Gasteiger partial charge in [0.25, 0.3) is 5.92 Å². The number of ether oxygens (including phenoxy) is 1. The first-order valence-electron chi connectivity index (χ1n) is 5.93. The zero-order valence-electron chi connectivity index (χ0n) is 10.7. The van der Waals surface area contributed by atoms with Crippen molar-refractivity contribution in [2.75, 3.05) is 12.3 Å². The third-order valence-corrected chi connectivity index (χ3v) is 2.49. The lowest BCUT2D eigenvalue weighted by atomic mass is 10.2. The van der Waals surface area contributed by atoms with Crippen molar-refractivity contribution in [3.8, 4) is 0 Å². The largest absolute Gasteiger partial charge is 0.394 e. The zero-order valence-corrected chi connectivity index (χ0v) is 10.7. The molecule has 2 heterocycles. The average molecular weight is 277 g/mol. The molecule has 108 valence electrons. The van der Waals surface area contributed by atoms with Crippen LogP contribution in [0.3, 0.4) is 0 Å². The van der Waals surface area contributed by atoms with E-state index in [0.717, 1.165) is 6.20 Å².